The van der Waals surface area contributed by atoms with E-state index in [9.17, 15) is 4.79 Å². The molecule has 4 nitrogen and oxygen atoms in total. The van der Waals surface area contributed by atoms with Gasteiger partial charge in [0.25, 0.3) is 0 Å². The van der Waals surface area contributed by atoms with Gasteiger partial charge in [0.05, 0.1) is 5.41 Å². The molecule has 3 fully saturated rings. The van der Waals surface area contributed by atoms with Crippen LogP contribution < -0.4 is 5.32 Å². The van der Waals surface area contributed by atoms with E-state index in [-0.39, 0.29) is 5.41 Å². The van der Waals surface area contributed by atoms with Crippen molar-refractivity contribution in [3.05, 3.63) is 34.9 Å². The fourth-order valence-electron chi connectivity index (χ4n) is 5.57. The standard InChI is InChI=1S/C23H33N3O/c1-16-3-6-21(24-14-16)17-4-5-20-18(13-17)15-26(22(27)23(20)9-10-23)19-7-11-25(2)12-8-19/h4-5,13,16,19,21,24H,3,6-12,14-15H2,1-2H3. The number of nitrogens with zero attached hydrogens (tertiary/aromatic N) is 2. The smallest absolute Gasteiger partial charge is 0.233 e. The molecule has 3 heterocycles. The van der Waals surface area contributed by atoms with Crippen molar-refractivity contribution in [3.8, 4) is 0 Å². The summed E-state index contributed by atoms with van der Waals surface area (Å²) in [5.74, 6) is 1.20. The van der Waals surface area contributed by atoms with E-state index in [0.29, 0.717) is 18.0 Å². The summed E-state index contributed by atoms with van der Waals surface area (Å²) < 4.78 is 0. The summed E-state index contributed by atoms with van der Waals surface area (Å²) >= 11 is 0. The first-order valence-corrected chi connectivity index (χ1v) is 10.9. The Balaban J connectivity index is 1.42. The van der Waals surface area contributed by atoms with Crippen molar-refractivity contribution in [2.45, 2.75) is 69.5 Å². The Labute approximate surface area is 163 Å². The number of hydrogen-bond donors (Lipinski definition) is 1. The van der Waals surface area contributed by atoms with Gasteiger partial charge in [0.15, 0.2) is 0 Å². The highest BCUT2D eigenvalue weighted by Gasteiger charge is 2.57. The van der Waals surface area contributed by atoms with Gasteiger partial charge in [-0.2, -0.15) is 0 Å². The molecule has 2 atom stereocenters. The second-order valence-corrected chi connectivity index (χ2v) is 9.61. The maximum Gasteiger partial charge on any atom is 0.233 e. The van der Waals surface area contributed by atoms with Crippen molar-refractivity contribution >= 4 is 5.91 Å². The van der Waals surface area contributed by atoms with Gasteiger partial charge in [-0.15, -0.1) is 0 Å². The summed E-state index contributed by atoms with van der Waals surface area (Å²) in [5.41, 5.74) is 4.01. The predicted octanol–water partition coefficient (Wildman–Crippen LogP) is 3.22. The monoisotopic (exact) mass is 367 g/mol. The highest BCUT2D eigenvalue weighted by Crippen LogP contribution is 2.54. The third-order valence-electron chi connectivity index (χ3n) is 7.60. The van der Waals surface area contributed by atoms with E-state index in [1.807, 2.05) is 0 Å². The number of fused-ring (bicyclic) bond motifs is 2. The first kappa shape index (κ1) is 17.7. The van der Waals surface area contributed by atoms with Gasteiger partial charge in [-0.1, -0.05) is 25.1 Å². The van der Waals surface area contributed by atoms with Crippen molar-refractivity contribution in [2.24, 2.45) is 5.92 Å². The first-order valence-electron chi connectivity index (χ1n) is 10.9. The maximum absolute atomic E-state index is 13.4. The summed E-state index contributed by atoms with van der Waals surface area (Å²) in [5, 5.41) is 3.73. The summed E-state index contributed by atoms with van der Waals surface area (Å²) in [6.45, 7) is 6.49. The molecule has 4 heteroatoms. The van der Waals surface area contributed by atoms with Gasteiger partial charge >= 0.3 is 0 Å². The van der Waals surface area contributed by atoms with Crippen molar-refractivity contribution in [3.63, 3.8) is 0 Å². The van der Waals surface area contributed by atoms with Crippen LogP contribution >= 0.6 is 0 Å². The second-order valence-electron chi connectivity index (χ2n) is 9.61. The Morgan fingerprint density at radius 3 is 2.56 bits per heavy atom. The minimum atomic E-state index is -0.177. The van der Waals surface area contributed by atoms with Gasteiger partial charge in [-0.25, -0.2) is 0 Å². The Kier molecular flexibility index (Phi) is 4.32. The quantitative estimate of drug-likeness (QED) is 0.872. The SMILES string of the molecule is CC1CCC(c2ccc3c(c2)CN(C2CCN(C)CC2)C(=O)C32CC2)NC1. The van der Waals surface area contributed by atoms with Crippen LogP contribution in [0.3, 0.4) is 0 Å². The minimum Gasteiger partial charge on any atom is -0.335 e. The van der Waals surface area contributed by atoms with Crippen LogP contribution in [0.2, 0.25) is 0 Å². The van der Waals surface area contributed by atoms with Crippen LogP contribution in [0.4, 0.5) is 0 Å². The van der Waals surface area contributed by atoms with Gasteiger partial charge in [0.1, 0.15) is 0 Å². The molecule has 1 aromatic carbocycles. The Hall–Kier alpha value is -1.39. The molecule has 1 aromatic rings. The molecule has 0 radical (unpaired) electrons. The molecule has 1 N–H and O–H groups in total. The van der Waals surface area contributed by atoms with Gasteiger partial charge < -0.3 is 15.1 Å². The average Bonchev–Trinajstić information content (AvgIpc) is 3.48. The molecule has 1 amide bonds. The molecule has 0 aromatic heterocycles. The molecule has 1 spiro atoms. The Morgan fingerprint density at radius 1 is 1.11 bits per heavy atom. The summed E-state index contributed by atoms with van der Waals surface area (Å²) in [7, 11) is 2.19. The van der Waals surface area contributed by atoms with Gasteiger partial charge in [0.2, 0.25) is 5.91 Å². The summed E-state index contributed by atoms with van der Waals surface area (Å²) in [6, 6.07) is 7.93. The molecule has 3 aliphatic heterocycles. The summed E-state index contributed by atoms with van der Waals surface area (Å²) in [6.07, 6.45) is 6.85. The van der Waals surface area contributed by atoms with E-state index >= 15 is 0 Å². The molecular formula is C23H33N3O. The number of piperidine rings is 2. The van der Waals surface area contributed by atoms with Gasteiger partial charge in [0, 0.05) is 18.6 Å². The van der Waals surface area contributed by atoms with Crippen molar-refractivity contribution in [1.29, 1.82) is 0 Å². The fourth-order valence-corrected chi connectivity index (χ4v) is 5.57. The van der Waals surface area contributed by atoms with Crippen LogP contribution in [-0.2, 0) is 16.8 Å². The average molecular weight is 368 g/mol. The van der Waals surface area contributed by atoms with E-state index in [4.69, 9.17) is 0 Å². The largest absolute Gasteiger partial charge is 0.335 e. The lowest BCUT2D eigenvalue weighted by Crippen LogP contribution is -2.52. The van der Waals surface area contributed by atoms with E-state index in [0.717, 1.165) is 57.8 Å². The molecule has 27 heavy (non-hydrogen) atoms. The number of likely N-dealkylation sites (tertiary alicyclic amines) is 1. The maximum atomic E-state index is 13.4. The Morgan fingerprint density at radius 2 is 1.89 bits per heavy atom. The third kappa shape index (κ3) is 3.01. The minimum absolute atomic E-state index is 0.177. The van der Waals surface area contributed by atoms with E-state index in [1.165, 1.54) is 29.5 Å². The normalized spacial score (nSPS) is 31.2. The molecule has 5 rings (SSSR count). The number of rotatable bonds is 2. The van der Waals surface area contributed by atoms with E-state index in [1.54, 1.807) is 0 Å². The number of carbonyl (C=O) groups is 1. The lowest BCUT2D eigenvalue weighted by atomic mass is 9.82. The zero-order valence-corrected chi connectivity index (χ0v) is 16.8. The first-order chi connectivity index (χ1) is 13.1. The number of benzene rings is 1. The van der Waals surface area contributed by atoms with Crippen molar-refractivity contribution < 1.29 is 4.79 Å². The van der Waals surface area contributed by atoms with Crippen LogP contribution in [0.1, 0.15) is 68.2 Å². The van der Waals surface area contributed by atoms with Crippen LogP contribution in [-0.4, -0.2) is 48.4 Å². The zero-order chi connectivity index (χ0) is 18.6. The topological polar surface area (TPSA) is 35.6 Å². The van der Waals surface area contributed by atoms with E-state index in [2.05, 4.69) is 47.3 Å². The molecule has 0 bridgehead atoms. The molecular weight excluding hydrogens is 334 g/mol. The van der Waals surface area contributed by atoms with Gasteiger partial charge in [-0.3, -0.25) is 4.79 Å². The molecule has 2 unspecified atom stereocenters. The van der Waals surface area contributed by atoms with Crippen LogP contribution in [0, 0.1) is 5.92 Å². The van der Waals surface area contributed by atoms with Gasteiger partial charge in [-0.05, 0) is 87.8 Å². The fraction of sp³-hybridized carbons (Fsp3) is 0.696. The molecule has 1 aliphatic carbocycles. The lowest BCUT2D eigenvalue weighted by Gasteiger charge is -2.43. The van der Waals surface area contributed by atoms with E-state index < -0.39 is 0 Å². The van der Waals surface area contributed by atoms with Crippen LogP contribution in [0.25, 0.3) is 0 Å². The van der Waals surface area contributed by atoms with Crippen molar-refractivity contribution in [2.75, 3.05) is 26.7 Å². The highest BCUT2D eigenvalue weighted by molar-refractivity contribution is 5.93. The van der Waals surface area contributed by atoms with Crippen molar-refractivity contribution in [1.82, 2.24) is 15.1 Å². The number of amides is 1. The predicted molar refractivity (Wildman–Crippen MR) is 108 cm³/mol. The Bertz CT molecular complexity index is 725. The highest BCUT2D eigenvalue weighted by atomic mass is 16.2. The molecule has 146 valence electrons. The van der Waals surface area contributed by atoms with Crippen LogP contribution in [0.15, 0.2) is 18.2 Å². The zero-order valence-electron chi connectivity index (χ0n) is 16.8. The number of nitrogens with one attached hydrogen (secondary N) is 1. The number of carbonyl (C=O) groups excluding carboxylic acids is 1. The third-order valence-corrected chi connectivity index (χ3v) is 7.60. The lowest BCUT2D eigenvalue weighted by molar-refractivity contribution is -0.139. The molecule has 4 aliphatic rings. The molecule has 2 saturated heterocycles. The summed E-state index contributed by atoms with van der Waals surface area (Å²) in [4.78, 5) is 18.0. The second kappa shape index (κ2) is 6.59. The van der Waals surface area contributed by atoms with Crippen LogP contribution in [0.5, 0.6) is 0 Å². The molecule has 1 saturated carbocycles. The number of hydrogen-bond acceptors (Lipinski definition) is 3.